The summed E-state index contributed by atoms with van der Waals surface area (Å²) in [5, 5.41) is 8.55. The predicted molar refractivity (Wildman–Crippen MR) is 147 cm³/mol. The van der Waals surface area contributed by atoms with Gasteiger partial charge in [-0.25, -0.2) is 4.98 Å². The molecule has 1 saturated heterocycles. The van der Waals surface area contributed by atoms with Crippen molar-refractivity contribution in [2.45, 2.75) is 38.7 Å². The van der Waals surface area contributed by atoms with Crippen LogP contribution in [0.3, 0.4) is 0 Å². The van der Waals surface area contributed by atoms with Gasteiger partial charge in [-0.05, 0) is 55.0 Å². The quantitative estimate of drug-likeness (QED) is 0.217. The van der Waals surface area contributed by atoms with Crippen molar-refractivity contribution in [2.24, 2.45) is 0 Å². The van der Waals surface area contributed by atoms with Gasteiger partial charge in [0.1, 0.15) is 11.6 Å². The van der Waals surface area contributed by atoms with Crippen molar-refractivity contribution in [3.8, 4) is 28.7 Å². The lowest BCUT2D eigenvalue weighted by Crippen LogP contribution is -2.62. The van der Waals surface area contributed by atoms with Crippen molar-refractivity contribution in [1.82, 2.24) is 24.9 Å². The Kier molecular flexibility index (Phi) is 7.38. The van der Waals surface area contributed by atoms with E-state index in [-0.39, 0.29) is 29.4 Å². The highest BCUT2D eigenvalue weighted by molar-refractivity contribution is 7.85. The summed E-state index contributed by atoms with van der Waals surface area (Å²) < 4.78 is 81.7. The third-order valence-corrected chi connectivity index (χ3v) is 8.65. The van der Waals surface area contributed by atoms with Crippen LogP contribution in [0.4, 0.5) is 19.0 Å². The first kappa shape index (κ1) is 29.1. The molecule has 4 heterocycles. The average Bonchev–Trinajstić information content (AvgIpc) is 3.59. The van der Waals surface area contributed by atoms with Gasteiger partial charge >= 0.3 is 16.5 Å². The Morgan fingerprint density at radius 2 is 1.84 bits per heavy atom. The van der Waals surface area contributed by atoms with Crippen LogP contribution >= 0.6 is 0 Å². The number of anilines is 1. The van der Waals surface area contributed by atoms with Gasteiger partial charge in [-0.3, -0.25) is 9.23 Å². The molecule has 2 aliphatic rings. The average molecular weight is 621 g/mol. The highest BCUT2D eigenvalue weighted by Crippen LogP contribution is 2.36. The minimum absolute atomic E-state index is 0.165. The van der Waals surface area contributed by atoms with Gasteiger partial charge in [-0.15, -0.1) is 13.2 Å². The lowest BCUT2D eigenvalue weighted by Gasteiger charge is -2.44. The molecule has 0 radical (unpaired) electrons. The van der Waals surface area contributed by atoms with E-state index in [0.717, 1.165) is 29.9 Å². The first-order valence-corrected chi connectivity index (χ1v) is 15.2. The van der Waals surface area contributed by atoms with Crippen LogP contribution in [0.25, 0.3) is 23.0 Å². The molecule has 3 aromatic heterocycles. The van der Waals surface area contributed by atoms with E-state index in [4.69, 9.17) is 4.52 Å². The van der Waals surface area contributed by atoms with Gasteiger partial charge in [-0.2, -0.15) is 18.5 Å². The normalized spacial score (nSPS) is 17.3. The first-order valence-electron chi connectivity index (χ1n) is 13.6. The van der Waals surface area contributed by atoms with Crippen molar-refractivity contribution in [3.63, 3.8) is 0 Å². The van der Waals surface area contributed by atoms with Crippen LogP contribution in [0.15, 0.2) is 53.2 Å². The third kappa shape index (κ3) is 6.81. The Balaban J connectivity index is 1.12. The summed E-state index contributed by atoms with van der Waals surface area (Å²) in [6.45, 7) is 4.84. The van der Waals surface area contributed by atoms with E-state index in [2.05, 4.69) is 29.9 Å². The number of piperazine rings is 1. The topological polar surface area (TPSA) is 136 Å². The van der Waals surface area contributed by atoms with Crippen molar-refractivity contribution < 1.29 is 39.9 Å². The number of rotatable bonds is 9. The van der Waals surface area contributed by atoms with Crippen molar-refractivity contribution >= 4 is 15.9 Å². The van der Waals surface area contributed by atoms with Gasteiger partial charge in [0, 0.05) is 30.3 Å². The molecule has 6 rings (SSSR count). The maximum Gasteiger partial charge on any atom is 0.573 e. The molecule has 16 heteroatoms. The molecule has 0 atom stereocenters. The summed E-state index contributed by atoms with van der Waals surface area (Å²) in [5.41, 5.74) is 2.71. The maximum absolute atomic E-state index is 12.4. The minimum Gasteiger partial charge on any atom is -0.406 e. The number of aromatic nitrogens is 5. The molecule has 1 aliphatic carbocycles. The molecule has 1 N–H and O–H groups in total. The fourth-order valence-corrected chi connectivity index (χ4v) is 6.69. The number of pyridine rings is 1. The Morgan fingerprint density at radius 1 is 1.12 bits per heavy atom. The molecule has 0 unspecified atom stereocenters. The molecule has 12 nitrogen and oxygen atoms in total. The number of hydrogen-bond acceptors (Lipinski definition) is 9. The molecule has 0 bridgehead atoms. The second-order valence-electron chi connectivity index (χ2n) is 10.9. The molecule has 0 spiro atoms. The zero-order valence-electron chi connectivity index (χ0n) is 23.1. The summed E-state index contributed by atoms with van der Waals surface area (Å²) in [4.78, 5) is 11.0. The van der Waals surface area contributed by atoms with Gasteiger partial charge in [0.15, 0.2) is 5.69 Å². The summed E-state index contributed by atoms with van der Waals surface area (Å²) in [6, 6.07) is 11.1. The maximum atomic E-state index is 12.4. The molecular formula is C27H29F3N7O5S+. The summed E-state index contributed by atoms with van der Waals surface area (Å²) in [5.74, 6) is 0.554. The first-order chi connectivity index (χ1) is 20.4. The van der Waals surface area contributed by atoms with E-state index in [1.54, 1.807) is 16.9 Å². The summed E-state index contributed by atoms with van der Waals surface area (Å²) in [7, 11) is -4.08. The van der Waals surface area contributed by atoms with Gasteiger partial charge in [-0.1, -0.05) is 5.16 Å². The van der Waals surface area contributed by atoms with Crippen molar-refractivity contribution in [2.75, 3.05) is 37.0 Å². The lowest BCUT2D eigenvalue weighted by molar-refractivity contribution is -0.928. The van der Waals surface area contributed by atoms with Gasteiger partial charge in [0.05, 0.1) is 38.8 Å². The van der Waals surface area contributed by atoms with Crippen LogP contribution in [0.1, 0.15) is 24.1 Å². The van der Waals surface area contributed by atoms with Crippen molar-refractivity contribution in [1.29, 1.82) is 0 Å². The van der Waals surface area contributed by atoms with E-state index < -0.39 is 16.5 Å². The largest absolute Gasteiger partial charge is 0.573 e. The molecule has 228 valence electrons. The molecule has 4 aromatic rings. The van der Waals surface area contributed by atoms with E-state index in [0.29, 0.717) is 48.5 Å². The van der Waals surface area contributed by atoms with Gasteiger partial charge in [0.25, 0.3) is 5.89 Å². The SMILES string of the molecule is Cc1cc(-c2nc(-c3ccc(OC(F)(F)F)cc3)no2)nn1Cc1ccnc(N2CC[N+](CS(=O)(=O)O)(C3CC3)CC2)c1. The minimum atomic E-state index is -4.78. The Hall–Kier alpha value is -4.02. The van der Waals surface area contributed by atoms with Crippen LogP contribution in [-0.2, 0) is 16.7 Å². The zero-order valence-corrected chi connectivity index (χ0v) is 23.9. The molecule has 1 aromatic carbocycles. The third-order valence-electron chi connectivity index (χ3n) is 7.81. The number of aryl methyl sites for hydroxylation is 1. The monoisotopic (exact) mass is 620 g/mol. The number of nitrogens with zero attached hydrogens (tertiary/aromatic N) is 7. The molecule has 43 heavy (non-hydrogen) atoms. The highest BCUT2D eigenvalue weighted by atomic mass is 32.2. The zero-order chi connectivity index (χ0) is 30.4. The Labute approximate surface area is 245 Å². The number of hydrogen-bond donors (Lipinski definition) is 1. The Bertz CT molecular complexity index is 1710. The highest BCUT2D eigenvalue weighted by Gasteiger charge is 2.49. The number of alkyl halides is 3. The standard InChI is InChI=1S/C27H28F3N7O5S/c1-18-14-23(26-32-25(34-42-26)20-2-6-22(7-3-20)41-27(28,29)30)33-36(18)16-19-8-9-31-24(15-19)35-10-12-37(13-11-35,21-4-5-21)17-43(38,39)40/h2-3,6-9,14-15,21H,4-5,10-13,16-17H2,1H3/p+1. The predicted octanol–water partition coefficient (Wildman–Crippen LogP) is 3.89. The van der Waals surface area contributed by atoms with Crippen LogP contribution in [0, 0.1) is 6.92 Å². The second-order valence-corrected chi connectivity index (χ2v) is 12.4. The van der Waals surface area contributed by atoms with Crippen LogP contribution in [-0.4, -0.2) is 86.8 Å². The number of benzene rings is 1. The number of halogens is 3. The smallest absolute Gasteiger partial charge is 0.406 e. The van der Waals surface area contributed by atoms with Crippen LogP contribution in [0.5, 0.6) is 5.75 Å². The molecule has 2 fully saturated rings. The second kappa shape index (κ2) is 10.9. The van der Waals surface area contributed by atoms with Crippen molar-refractivity contribution in [3.05, 3.63) is 59.9 Å². The molecular weight excluding hydrogens is 591 g/mol. The van der Waals surface area contributed by atoms with E-state index in [9.17, 15) is 26.1 Å². The van der Waals surface area contributed by atoms with E-state index in [1.165, 1.54) is 24.3 Å². The molecule has 0 amide bonds. The van der Waals surface area contributed by atoms with E-state index >= 15 is 0 Å². The van der Waals surface area contributed by atoms with Crippen LogP contribution < -0.4 is 9.64 Å². The summed E-state index contributed by atoms with van der Waals surface area (Å²) in [6.07, 6.45) is -1.09. The number of quaternary nitrogens is 1. The van der Waals surface area contributed by atoms with Gasteiger partial charge in [0.2, 0.25) is 11.7 Å². The Morgan fingerprint density at radius 3 is 2.49 bits per heavy atom. The van der Waals surface area contributed by atoms with E-state index in [1.807, 2.05) is 19.1 Å². The molecule has 1 saturated carbocycles. The van der Waals surface area contributed by atoms with Crippen LogP contribution in [0.2, 0.25) is 0 Å². The fourth-order valence-electron chi connectivity index (χ4n) is 5.57. The number of ether oxygens (including phenoxy) is 1. The molecule has 1 aliphatic heterocycles. The fraction of sp³-hybridized carbons (Fsp3) is 0.407. The summed E-state index contributed by atoms with van der Waals surface area (Å²) >= 11 is 0. The van der Waals surface area contributed by atoms with Gasteiger partial charge < -0.3 is 18.6 Å². The lowest BCUT2D eigenvalue weighted by atomic mass is 10.2.